The van der Waals surface area contributed by atoms with E-state index in [2.05, 4.69) is 15.6 Å². The molecule has 0 fully saturated rings. The molecule has 2 aromatic heterocycles. The molecule has 0 spiro atoms. The fourth-order valence-electron chi connectivity index (χ4n) is 1.64. The highest BCUT2D eigenvalue weighted by Gasteiger charge is 2.14. The van der Waals surface area contributed by atoms with E-state index in [0.29, 0.717) is 13.0 Å². The maximum Gasteiger partial charge on any atom is 0.254 e. The van der Waals surface area contributed by atoms with Crippen LogP contribution < -0.4 is 10.6 Å². The number of amides is 1. The molecule has 2 N–H and O–H groups in total. The van der Waals surface area contributed by atoms with Crippen molar-refractivity contribution < 1.29 is 13.6 Å². The summed E-state index contributed by atoms with van der Waals surface area (Å²) in [5.74, 6) is -0.298. The van der Waals surface area contributed by atoms with Crippen LogP contribution >= 0.6 is 0 Å². The maximum absolute atomic E-state index is 13.8. The molecule has 0 radical (unpaired) electrons. The second-order valence-corrected chi connectivity index (χ2v) is 3.86. The third-order valence-corrected chi connectivity index (χ3v) is 2.61. The highest BCUT2D eigenvalue weighted by Crippen LogP contribution is 2.14. The van der Waals surface area contributed by atoms with Gasteiger partial charge in [-0.15, -0.1) is 0 Å². The number of carbonyl (C=O) groups excluding carboxylic acids is 1. The number of furan rings is 1. The van der Waals surface area contributed by atoms with Crippen LogP contribution in [0, 0.1) is 5.82 Å². The molecule has 0 bridgehead atoms. The Kier molecular flexibility index (Phi) is 4.12. The Balaban J connectivity index is 1.96. The van der Waals surface area contributed by atoms with Crippen LogP contribution in [0.3, 0.4) is 0 Å². The number of rotatable bonds is 5. The smallest absolute Gasteiger partial charge is 0.254 e. The summed E-state index contributed by atoms with van der Waals surface area (Å²) in [7, 11) is 1.55. The van der Waals surface area contributed by atoms with E-state index >= 15 is 0 Å². The van der Waals surface area contributed by atoms with Gasteiger partial charge in [-0.2, -0.15) is 0 Å². The van der Waals surface area contributed by atoms with E-state index in [4.69, 9.17) is 4.42 Å². The first-order chi connectivity index (χ1) is 9.22. The molecule has 6 heteroatoms. The molecule has 0 aliphatic rings. The lowest BCUT2D eigenvalue weighted by atomic mass is 10.2. The summed E-state index contributed by atoms with van der Waals surface area (Å²) < 4.78 is 19.0. The molecular formula is C13H14FN3O2. The van der Waals surface area contributed by atoms with E-state index in [1.54, 1.807) is 19.4 Å². The Morgan fingerprint density at radius 2 is 2.32 bits per heavy atom. The van der Waals surface area contributed by atoms with Crippen LogP contribution in [0.5, 0.6) is 0 Å². The van der Waals surface area contributed by atoms with Gasteiger partial charge in [-0.3, -0.25) is 4.79 Å². The average molecular weight is 263 g/mol. The predicted octanol–water partition coefficient (Wildman–Crippen LogP) is 1.83. The van der Waals surface area contributed by atoms with Gasteiger partial charge in [0.1, 0.15) is 5.76 Å². The zero-order chi connectivity index (χ0) is 13.7. The van der Waals surface area contributed by atoms with Gasteiger partial charge >= 0.3 is 0 Å². The summed E-state index contributed by atoms with van der Waals surface area (Å²) in [6.45, 7) is 0.378. The average Bonchev–Trinajstić information content (AvgIpc) is 2.92. The molecule has 5 nitrogen and oxygen atoms in total. The first-order valence-corrected chi connectivity index (χ1v) is 5.85. The Bertz CT molecular complexity index is 555. The van der Waals surface area contributed by atoms with Gasteiger partial charge in [0, 0.05) is 26.2 Å². The lowest BCUT2D eigenvalue weighted by Gasteiger charge is -2.07. The molecule has 0 saturated carbocycles. The number of aromatic nitrogens is 1. The highest BCUT2D eigenvalue weighted by atomic mass is 19.1. The zero-order valence-electron chi connectivity index (χ0n) is 10.4. The summed E-state index contributed by atoms with van der Waals surface area (Å²) in [6.07, 6.45) is 3.51. The van der Waals surface area contributed by atoms with Crippen LogP contribution in [-0.4, -0.2) is 24.5 Å². The number of hydrogen-bond donors (Lipinski definition) is 2. The normalized spacial score (nSPS) is 10.2. The number of carbonyl (C=O) groups is 1. The molecule has 1 amide bonds. The van der Waals surface area contributed by atoms with Gasteiger partial charge in [-0.1, -0.05) is 0 Å². The molecule has 2 rings (SSSR count). The molecule has 0 aromatic carbocycles. The third kappa shape index (κ3) is 3.09. The fraction of sp³-hybridized carbons (Fsp3) is 0.231. The Hall–Kier alpha value is -2.37. The molecule has 0 saturated heterocycles. The zero-order valence-corrected chi connectivity index (χ0v) is 10.4. The van der Waals surface area contributed by atoms with E-state index in [9.17, 15) is 9.18 Å². The standard InChI is InChI=1S/C13H14FN3O2/c1-15-12-11(14)10(5-7-16-12)13(18)17-6-4-9-3-2-8-19-9/h2-3,5,7-8H,4,6H2,1H3,(H,15,16)(H,17,18). The minimum atomic E-state index is -0.652. The molecule has 0 aliphatic carbocycles. The molecule has 0 unspecified atom stereocenters. The maximum atomic E-state index is 13.8. The van der Waals surface area contributed by atoms with Crippen LogP contribution in [0.4, 0.5) is 10.2 Å². The number of nitrogens with zero attached hydrogens (tertiary/aromatic N) is 1. The first-order valence-electron chi connectivity index (χ1n) is 5.85. The minimum absolute atomic E-state index is 0.0289. The second-order valence-electron chi connectivity index (χ2n) is 3.86. The van der Waals surface area contributed by atoms with Gasteiger partial charge < -0.3 is 15.1 Å². The van der Waals surface area contributed by atoms with Crippen molar-refractivity contribution in [3.63, 3.8) is 0 Å². The molecule has 2 heterocycles. The molecule has 2 aromatic rings. The number of anilines is 1. The van der Waals surface area contributed by atoms with E-state index in [1.165, 1.54) is 12.3 Å². The van der Waals surface area contributed by atoms with Gasteiger partial charge in [0.25, 0.3) is 5.91 Å². The van der Waals surface area contributed by atoms with Crippen molar-refractivity contribution in [1.82, 2.24) is 10.3 Å². The van der Waals surface area contributed by atoms with Crippen LogP contribution in [0.2, 0.25) is 0 Å². The molecule has 100 valence electrons. The lowest BCUT2D eigenvalue weighted by molar-refractivity contribution is 0.0949. The number of halogens is 1. The number of hydrogen-bond acceptors (Lipinski definition) is 4. The predicted molar refractivity (Wildman–Crippen MR) is 68.5 cm³/mol. The molecule has 0 atom stereocenters. The molecule has 0 aliphatic heterocycles. The summed E-state index contributed by atoms with van der Waals surface area (Å²) in [5, 5.41) is 5.22. The van der Waals surface area contributed by atoms with Crippen molar-refractivity contribution in [3.8, 4) is 0 Å². The second kappa shape index (κ2) is 5.99. The highest BCUT2D eigenvalue weighted by molar-refractivity contribution is 5.95. The van der Waals surface area contributed by atoms with Crippen LogP contribution in [0.25, 0.3) is 0 Å². The summed E-state index contributed by atoms with van der Waals surface area (Å²) in [5.41, 5.74) is -0.0289. The van der Waals surface area contributed by atoms with Crippen LogP contribution in [-0.2, 0) is 6.42 Å². The Morgan fingerprint density at radius 3 is 3.00 bits per heavy atom. The first kappa shape index (κ1) is 13.1. The molecule has 19 heavy (non-hydrogen) atoms. The van der Waals surface area contributed by atoms with Crippen LogP contribution in [0.15, 0.2) is 35.1 Å². The molecular weight excluding hydrogens is 249 g/mol. The van der Waals surface area contributed by atoms with Gasteiger partial charge in [0.15, 0.2) is 11.6 Å². The van der Waals surface area contributed by atoms with E-state index in [0.717, 1.165) is 5.76 Å². The Morgan fingerprint density at radius 1 is 1.47 bits per heavy atom. The topological polar surface area (TPSA) is 67.2 Å². The van der Waals surface area contributed by atoms with Gasteiger partial charge in [0.05, 0.1) is 11.8 Å². The van der Waals surface area contributed by atoms with E-state index < -0.39 is 11.7 Å². The van der Waals surface area contributed by atoms with Crippen molar-refractivity contribution >= 4 is 11.7 Å². The van der Waals surface area contributed by atoms with Crippen molar-refractivity contribution in [2.24, 2.45) is 0 Å². The quantitative estimate of drug-likeness (QED) is 0.863. The number of pyridine rings is 1. The number of nitrogens with one attached hydrogen (secondary N) is 2. The van der Waals surface area contributed by atoms with Crippen molar-refractivity contribution in [2.75, 3.05) is 18.9 Å². The van der Waals surface area contributed by atoms with Crippen molar-refractivity contribution in [2.45, 2.75) is 6.42 Å². The van der Waals surface area contributed by atoms with Crippen LogP contribution in [0.1, 0.15) is 16.1 Å². The summed E-state index contributed by atoms with van der Waals surface area (Å²) >= 11 is 0. The third-order valence-electron chi connectivity index (χ3n) is 2.61. The van der Waals surface area contributed by atoms with Crippen molar-refractivity contribution in [1.29, 1.82) is 0 Å². The summed E-state index contributed by atoms with van der Waals surface area (Å²) in [4.78, 5) is 15.6. The SMILES string of the molecule is CNc1nccc(C(=O)NCCc2ccco2)c1F. The summed E-state index contributed by atoms with van der Waals surface area (Å²) in [6, 6.07) is 4.94. The largest absolute Gasteiger partial charge is 0.469 e. The minimum Gasteiger partial charge on any atom is -0.469 e. The fourth-order valence-corrected chi connectivity index (χ4v) is 1.64. The van der Waals surface area contributed by atoms with E-state index in [1.807, 2.05) is 6.07 Å². The van der Waals surface area contributed by atoms with E-state index in [-0.39, 0.29) is 11.4 Å². The lowest BCUT2D eigenvalue weighted by Crippen LogP contribution is -2.26. The monoisotopic (exact) mass is 263 g/mol. The van der Waals surface area contributed by atoms with Gasteiger partial charge in [-0.05, 0) is 18.2 Å². The Labute approximate surface area is 109 Å². The van der Waals surface area contributed by atoms with Crippen molar-refractivity contribution in [3.05, 3.63) is 47.8 Å². The van der Waals surface area contributed by atoms with Gasteiger partial charge in [-0.25, -0.2) is 9.37 Å². The van der Waals surface area contributed by atoms with Gasteiger partial charge in [0.2, 0.25) is 0 Å².